The number of rotatable bonds is 5. The summed E-state index contributed by atoms with van der Waals surface area (Å²) in [6.45, 7) is 0. The highest BCUT2D eigenvalue weighted by atomic mass is 16.5. The third-order valence-electron chi connectivity index (χ3n) is 21.1. The van der Waals surface area contributed by atoms with Crippen molar-refractivity contribution < 1.29 is 9.53 Å². The molecule has 0 N–H and O–H groups in total. The SMILES string of the molecule is COC(=O)CCCC1(c2ccccc2)C23C4=C5C6=CC4c4ccc7c(c42)-c2c4c8c9c%10c(cc%11cc%12c%13c%14c%15c(c5c5c%16c(c2C513)c8c1c%10c%11c%13c1c%15%16)C6CC=%14C%12)CC=9CC74. The Balaban J connectivity index is 1.13. The Kier molecular flexibility index (Phi) is 3.27. The second kappa shape index (κ2) is 7.24. The van der Waals surface area contributed by atoms with E-state index in [2.05, 4.69) is 60.7 Å². The summed E-state index contributed by atoms with van der Waals surface area (Å²) in [5.41, 5.74) is 29.5. The van der Waals surface area contributed by atoms with Crippen molar-refractivity contribution in [2.24, 2.45) is 0 Å². The van der Waals surface area contributed by atoms with Crippen LogP contribution in [0.15, 0.2) is 71.8 Å². The molecule has 10 aromatic carbocycles. The predicted octanol–water partition coefficient (Wildman–Crippen LogP) is 10.9. The van der Waals surface area contributed by atoms with Gasteiger partial charge in [-0.25, -0.2) is 0 Å². The van der Waals surface area contributed by atoms with Gasteiger partial charge in [-0.2, -0.15) is 0 Å². The van der Waals surface area contributed by atoms with Crippen molar-refractivity contribution in [1.29, 1.82) is 0 Å². The maximum Gasteiger partial charge on any atom is 0.305 e. The Morgan fingerprint density at radius 2 is 1.31 bits per heavy atom. The molecule has 0 amide bonds. The van der Waals surface area contributed by atoms with Gasteiger partial charge in [0.1, 0.15) is 0 Å². The maximum absolute atomic E-state index is 13.2. The van der Waals surface area contributed by atoms with Crippen molar-refractivity contribution in [2.45, 2.75) is 78.9 Å². The molecule has 0 aliphatic heterocycles. The van der Waals surface area contributed by atoms with Gasteiger partial charge in [0.15, 0.2) is 0 Å². The first-order valence-electron chi connectivity index (χ1n) is 23.3. The summed E-state index contributed by atoms with van der Waals surface area (Å²) in [6.07, 6.45) is 9.64. The van der Waals surface area contributed by atoms with Gasteiger partial charge in [-0.15, -0.1) is 0 Å². The summed E-state index contributed by atoms with van der Waals surface area (Å²) in [4.78, 5) is 13.2. The normalized spacial score (nSPS) is 30.4. The smallest absolute Gasteiger partial charge is 0.305 e. The Labute approximate surface area is 346 Å². The van der Waals surface area contributed by atoms with Crippen LogP contribution in [0.1, 0.15) is 111 Å². The molecule has 22 rings (SSSR count). The van der Waals surface area contributed by atoms with Crippen LogP contribution in [-0.2, 0) is 38.6 Å². The lowest BCUT2D eigenvalue weighted by Gasteiger charge is -2.36. The van der Waals surface area contributed by atoms with Crippen LogP contribution in [0.2, 0.25) is 0 Å². The molecule has 2 nitrogen and oxygen atoms in total. The van der Waals surface area contributed by atoms with Crippen LogP contribution in [0.3, 0.4) is 0 Å². The van der Waals surface area contributed by atoms with Crippen molar-refractivity contribution >= 4 is 98.1 Å². The van der Waals surface area contributed by atoms with Gasteiger partial charge in [0.2, 0.25) is 0 Å². The largest absolute Gasteiger partial charge is 0.469 e. The van der Waals surface area contributed by atoms with Crippen molar-refractivity contribution in [2.75, 3.05) is 7.11 Å². The first-order valence-corrected chi connectivity index (χ1v) is 23.3. The quantitative estimate of drug-likeness (QED) is 0.0990. The minimum Gasteiger partial charge on any atom is -0.469 e. The van der Waals surface area contributed by atoms with Gasteiger partial charge in [0, 0.05) is 40.4 Å². The van der Waals surface area contributed by atoms with E-state index in [1.807, 2.05) is 0 Å². The molecule has 1 fully saturated rings. The number of hydrogen-bond donors (Lipinski definition) is 0. The summed E-state index contributed by atoms with van der Waals surface area (Å²) >= 11 is 0. The molecule has 0 radical (unpaired) electrons. The molecule has 12 aliphatic rings. The Hall–Kier alpha value is -6.25. The molecule has 0 heterocycles. The molecule has 2 spiro atoms. The zero-order valence-corrected chi connectivity index (χ0v) is 33.3. The van der Waals surface area contributed by atoms with Crippen LogP contribution < -0.4 is 10.4 Å². The van der Waals surface area contributed by atoms with Crippen molar-refractivity contribution in [3.8, 4) is 11.1 Å². The second-order valence-corrected chi connectivity index (χ2v) is 21.9. The first-order chi connectivity index (χ1) is 30.2. The highest BCUT2D eigenvalue weighted by Crippen LogP contribution is 2.98. The zero-order chi connectivity index (χ0) is 38.2. The average molecular weight is 771 g/mol. The van der Waals surface area contributed by atoms with Gasteiger partial charge in [0.05, 0.1) is 7.11 Å². The third kappa shape index (κ3) is 1.91. The molecule has 61 heavy (non-hydrogen) atoms. The van der Waals surface area contributed by atoms with E-state index in [9.17, 15) is 4.79 Å². The lowest BCUT2D eigenvalue weighted by Crippen LogP contribution is -2.30. The van der Waals surface area contributed by atoms with Gasteiger partial charge in [0.25, 0.3) is 0 Å². The van der Waals surface area contributed by atoms with Gasteiger partial charge >= 0.3 is 5.97 Å². The number of ether oxygens (including phenoxy) is 1. The van der Waals surface area contributed by atoms with Crippen LogP contribution in [0, 0.1) is 0 Å². The molecule has 0 bridgehead atoms. The fourth-order valence-electron chi connectivity index (χ4n) is 20.5. The van der Waals surface area contributed by atoms with Gasteiger partial charge in [-0.3, -0.25) is 4.79 Å². The molecular weight excluding hydrogens is 741 g/mol. The van der Waals surface area contributed by atoms with E-state index in [1.165, 1.54) is 10.9 Å². The second-order valence-electron chi connectivity index (χ2n) is 21.9. The maximum atomic E-state index is 13.2. The van der Waals surface area contributed by atoms with E-state index in [1.54, 1.807) is 182 Å². The fourth-order valence-corrected chi connectivity index (χ4v) is 20.5. The number of carbonyl (C=O) groups excluding carboxylic acids is 1. The van der Waals surface area contributed by atoms with Crippen LogP contribution in [0.5, 0.6) is 0 Å². The molecule has 10 aromatic rings. The van der Waals surface area contributed by atoms with Crippen LogP contribution in [0.4, 0.5) is 0 Å². The van der Waals surface area contributed by atoms with E-state index in [-0.39, 0.29) is 22.2 Å². The molecule has 6 atom stereocenters. The standard InChI is InChI=1S/C59H30O2/c1-61-31(60)8-5-11-57(24-6-3-2-4-7-24)58-53-26-10-9-25-27-16-22-14-19-12-21-13-20-15-23-17-28-29-18-30(26)54(58)40(29)50-38(28)44-35(23)33(20)42-36(21)41-32(19)34(22)43-37(27)49(39(25)53)55-51-47(43)45(41)46(42)48(44)52(51)56(50)59(55,57)58/h2-4,6-7,9-10,12-13,18,27-28,30H,5,8,11,14-17H2,1H3. The van der Waals surface area contributed by atoms with Crippen LogP contribution in [0.25, 0.3) is 103 Å². The average Bonchev–Trinajstić information content (AvgIpc) is 4.09. The number of hydrogen-bond acceptors (Lipinski definition) is 2. The lowest BCUT2D eigenvalue weighted by molar-refractivity contribution is -0.140. The van der Waals surface area contributed by atoms with Gasteiger partial charge < -0.3 is 4.74 Å². The monoisotopic (exact) mass is 770 g/mol. The third-order valence-corrected chi connectivity index (χ3v) is 21.1. The molecule has 278 valence electrons. The number of allylic oxidation sites excluding steroid dienone is 4. The number of benzene rings is 9. The van der Waals surface area contributed by atoms with Crippen molar-refractivity contribution in [3.63, 3.8) is 0 Å². The molecular formula is C59H30O2. The highest BCUT2D eigenvalue weighted by molar-refractivity contribution is 6.55. The minimum atomic E-state index is -0.223. The van der Waals surface area contributed by atoms with Crippen molar-refractivity contribution in [3.05, 3.63) is 143 Å². The van der Waals surface area contributed by atoms with E-state index in [0.29, 0.717) is 24.2 Å². The Morgan fingerprint density at radius 3 is 2.05 bits per heavy atom. The highest BCUT2D eigenvalue weighted by Gasteiger charge is 2.96. The van der Waals surface area contributed by atoms with Crippen LogP contribution in [-0.4, -0.2) is 13.1 Å². The molecule has 6 unspecified atom stereocenters. The number of fused-ring (bicyclic) bond motifs is 3. The molecule has 0 aromatic heterocycles. The van der Waals surface area contributed by atoms with E-state index >= 15 is 0 Å². The Bertz CT molecular complexity index is 4490. The van der Waals surface area contributed by atoms with E-state index < -0.39 is 0 Å². The number of carbonyl (C=O) groups is 1. The fraction of sp³-hybridized carbons (Fsp3) is 0.237. The Morgan fingerprint density at radius 1 is 0.656 bits per heavy atom. The number of esters is 1. The molecule has 0 saturated heterocycles. The number of methoxy groups -OCH3 is 1. The molecule has 12 aliphatic carbocycles. The minimum absolute atomic E-state index is 0.0781. The van der Waals surface area contributed by atoms with Gasteiger partial charge in [-0.1, -0.05) is 71.8 Å². The summed E-state index contributed by atoms with van der Waals surface area (Å²) < 4.78 is 5.41. The lowest BCUT2D eigenvalue weighted by atomic mass is 9.65. The van der Waals surface area contributed by atoms with Crippen LogP contribution >= 0.6 is 0 Å². The summed E-state index contributed by atoms with van der Waals surface area (Å²) in [6, 6.07) is 22.6. The summed E-state index contributed by atoms with van der Waals surface area (Å²) in [5.74, 6) is 1.09. The topological polar surface area (TPSA) is 26.3 Å². The summed E-state index contributed by atoms with van der Waals surface area (Å²) in [7, 11) is 1.57. The summed E-state index contributed by atoms with van der Waals surface area (Å²) in [5, 5.41) is 26.1. The van der Waals surface area contributed by atoms with E-state index in [0.717, 1.165) is 38.5 Å². The van der Waals surface area contributed by atoms with Crippen molar-refractivity contribution in [1.82, 2.24) is 0 Å². The molecule has 2 heteroatoms. The predicted molar refractivity (Wildman–Crippen MR) is 241 cm³/mol. The van der Waals surface area contributed by atoms with Gasteiger partial charge in [-0.05, 0) is 213 Å². The zero-order valence-electron chi connectivity index (χ0n) is 33.3. The molecule has 1 saturated carbocycles. The van der Waals surface area contributed by atoms with E-state index in [4.69, 9.17) is 4.74 Å². The first kappa shape index (κ1) is 27.6.